The smallest absolute Gasteiger partial charge is 0.228 e. The molecule has 0 bridgehead atoms. The highest BCUT2D eigenvalue weighted by atomic mass is 16.2. The summed E-state index contributed by atoms with van der Waals surface area (Å²) in [5.74, 6) is 0.0467. The molecule has 5 nitrogen and oxygen atoms in total. The lowest BCUT2D eigenvalue weighted by Crippen LogP contribution is -2.28. The van der Waals surface area contributed by atoms with Gasteiger partial charge in [-0.3, -0.25) is 9.78 Å². The van der Waals surface area contributed by atoms with Crippen LogP contribution in [0.4, 0.5) is 0 Å². The molecule has 0 N–H and O–H groups in total. The van der Waals surface area contributed by atoms with Gasteiger partial charge in [0.25, 0.3) is 0 Å². The summed E-state index contributed by atoms with van der Waals surface area (Å²) in [6, 6.07) is 11.9. The Hall–Kier alpha value is -2.95. The molecule has 0 fully saturated rings. The van der Waals surface area contributed by atoms with Crippen LogP contribution < -0.4 is 0 Å². The molecule has 25 heavy (non-hydrogen) atoms. The fraction of sp³-hybridized carbons (Fsp3) is 0.250. The molecule has 0 radical (unpaired) electrons. The number of benzene rings is 1. The summed E-state index contributed by atoms with van der Waals surface area (Å²) < 4.78 is 1.85. The quantitative estimate of drug-likeness (QED) is 0.720. The molecule has 0 unspecified atom stereocenters. The number of aromatic nitrogens is 3. The first kappa shape index (κ1) is 16.9. The van der Waals surface area contributed by atoms with E-state index in [1.807, 2.05) is 61.4 Å². The second kappa shape index (κ2) is 7.30. The maximum Gasteiger partial charge on any atom is 0.228 e. The standard InChI is InChI=1S/C20H22N4O/c1-15-8-6-10-21-18(15)11-20(25)23(3)13-17-12-22-24(14-17)19-9-5-4-7-16(19)2/h4-10,12,14H,11,13H2,1-3H3. The number of pyridine rings is 1. The number of para-hydroxylation sites is 1. The third-order valence-electron chi connectivity index (χ3n) is 4.28. The van der Waals surface area contributed by atoms with Crippen LogP contribution in [0.25, 0.3) is 5.69 Å². The average Bonchev–Trinajstić information content (AvgIpc) is 3.05. The fourth-order valence-corrected chi connectivity index (χ4v) is 2.74. The van der Waals surface area contributed by atoms with Crippen molar-refractivity contribution in [2.24, 2.45) is 0 Å². The molecule has 2 heterocycles. The number of hydrogen-bond donors (Lipinski definition) is 0. The van der Waals surface area contributed by atoms with Gasteiger partial charge in [0.05, 0.1) is 24.0 Å². The predicted molar refractivity (Wildman–Crippen MR) is 97.5 cm³/mol. The normalized spacial score (nSPS) is 10.7. The van der Waals surface area contributed by atoms with E-state index >= 15 is 0 Å². The number of aryl methyl sites for hydroxylation is 2. The van der Waals surface area contributed by atoms with Crippen LogP contribution in [-0.2, 0) is 17.8 Å². The van der Waals surface area contributed by atoms with Crippen LogP contribution >= 0.6 is 0 Å². The van der Waals surface area contributed by atoms with Crippen LogP contribution in [0.3, 0.4) is 0 Å². The van der Waals surface area contributed by atoms with Gasteiger partial charge in [0.1, 0.15) is 0 Å². The third kappa shape index (κ3) is 3.94. The van der Waals surface area contributed by atoms with Gasteiger partial charge in [-0.05, 0) is 37.1 Å². The zero-order valence-electron chi connectivity index (χ0n) is 14.8. The molecule has 3 rings (SSSR count). The molecule has 0 saturated carbocycles. The van der Waals surface area contributed by atoms with Crippen molar-refractivity contribution < 1.29 is 4.79 Å². The summed E-state index contributed by atoms with van der Waals surface area (Å²) in [7, 11) is 1.81. The number of likely N-dealkylation sites (N-methyl/N-ethyl adjacent to an activating group) is 1. The first-order valence-electron chi connectivity index (χ1n) is 8.28. The molecule has 0 spiro atoms. The monoisotopic (exact) mass is 334 g/mol. The van der Waals surface area contributed by atoms with Crippen LogP contribution in [0.5, 0.6) is 0 Å². The van der Waals surface area contributed by atoms with E-state index in [1.54, 1.807) is 11.1 Å². The largest absolute Gasteiger partial charge is 0.341 e. The van der Waals surface area contributed by atoms with Gasteiger partial charge in [-0.1, -0.05) is 24.3 Å². The van der Waals surface area contributed by atoms with E-state index in [0.717, 1.165) is 28.1 Å². The second-order valence-electron chi connectivity index (χ2n) is 6.27. The lowest BCUT2D eigenvalue weighted by molar-refractivity contribution is -0.129. The lowest BCUT2D eigenvalue weighted by Gasteiger charge is -2.16. The maximum atomic E-state index is 12.5. The van der Waals surface area contributed by atoms with Crippen molar-refractivity contribution in [1.82, 2.24) is 19.7 Å². The molecule has 0 aliphatic carbocycles. The van der Waals surface area contributed by atoms with Crippen LogP contribution in [-0.4, -0.2) is 32.6 Å². The van der Waals surface area contributed by atoms with E-state index < -0.39 is 0 Å². The van der Waals surface area contributed by atoms with Gasteiger partial charge >= 0.3 is 0 Å². The van der Waals surface area contributed by atoms with Crippen molar-refractivity contribution in [2.75, 3.05) is 7.05 Å². The summed E-state index contributed by atoms with van der Waals surface area (Å²) in [5.41, 5.74) is 5.07. The van der Waals surface area contributed by atoms with Crippen LogP contribution in [0.15, 0.2) is 55.0 Å². The van der Waals surface area contributed by atoms with Crippen LogP contribution in [0.2, 0.25) is 0 Å². The molecule has 0 aliphatic rings. The first-order valence-corrected chi connectivity index (χ1v) is 8.28. The minimum Gasteiger partial charge on any atom is -0.341 e. The van der Waals surface area contributed by atoms with Crippen LogP contribution in [0, 0.1) is 13.8 Å². The molecule has 2 aromatic heterocycles. The Morgan fingerprint density at radius 2 is 1.88 bits per heavy atom. The maximum absolute atomic E-state index is 12.5. The Bertz CT molecular complexity index is 885. The van der Waals surface area contributed by atoms with Gasteiger partial charge in [0.2, 0.25) is 5.91 Å². The predicted octanol–water partition coefficient (Wildman–Crippen LogP) is 3.09. The number of hydrogen-bond acceptors (Lipinski definition) is 3. The third-order valence-corrected chi connectivity index (χ3v) is 4.28. The number of carbonyl (C=O) groups excluding carboxylic acids is 1. The van der Waals surface area contributed by atoms with E-state index in [1.165, 1.54) is 0 Å². The minimum absolute atomic E-state index is 0.0467. The lowest BCUT2D eigenvalue weighted by atomic mass is 10.1. The van der Waals surface area contributed by atoms with Crippen molar-refractivity contribution in [2.45, 2.75) is 26.8 Å². The Kier molecular flexibility index (Phi) is 4.93. The highest BCUT2D eigenvalue weighted by Crippen LogP contribution is 2.14. The van der Waals surface area contributed by atoms with E-state index in [4.69, 9.17) is 0 Å². The molecule has 1 aromatic carbocycles. The van der Waals surface area contributed by atoms with E-state index in [-0.39, 0.29) is 5.91 Å². The van der Waals surface area contributed by atoms with Gasteiger partial charge in [-0.2, -0.15) is 5.10 Å². The summed E-state index contributed by atoms with van der Waals surface area (Å²) >= 11 is 0. The second-order valence-corrected chi connectivity index (χ2v) is 6.27. The summed E-state index contributed by atoms with van der Waals surface area (Å²) in [5, 5.41) is 4.42. The van der Waals surface area contributed by atoms with Crippen molar-refractivity contribution in [1.29, 1.82) is 0 Å². The number of amides is 1. The summed E-state index contributed by atoms with van der Waals surface area (Å²) in [4.78, 5) is 18.5. The minimum atomic E-state index is 0.0467. The van der Waals surface area contributed by atoms with Gasteiger partial charge in [-0.25, -0.2) is 4.68 Å². The summed E-state index contributed by atoms with van der Waals surface area (Å²) in [6.07, 6.45) is 5.82. The molecular weight excluding hydrogens is 312 g/mol. The summed E-state index contributed by atoms with van der Waals surface area (Å²) in [6.45, 7) is 4.56. The first-order chi connectivity index (χ1) is 12.0. The molecule has 128 valence electrons. The highest BCUT2D eigenvalue weighted by molar-refractivity contribution is 5.78. The van der Waals surface area contributed by atoms with Gasteiger partial charge in [0.15, 0.2) is 0 Å². The van der Waals surface area contributed by atoms with E-state index in [0.29, 0.717) is 13.0 Å². The van der Waals surface area contributed by atoms with Gasteiger partial charge < -0.3 is 4.90 Å². The number of carbonyl (C=O) groups is 1. The topological polar surface area (TPSA) is 51.0 Å². The molecular formula is C20H22N4O. The molecule has 1 amide bonds. The van der Waals surface area contributed by atoms with Crippen molar-refractivity contribution >= 4 is 5.91 Å². The van der Waals surface area contributed by atoms with Crippen molar-refractivity contribution in [3.05, 3.63) is 77.4 Å². The van der Waals surface area contributed by atoms with Crippen molar-refractivity contribution in [3.63, 3.8) is 0 Å². The Labute approximate surface area is 147 Å². The Morgan fingerprint density at radius 3 is 2.64 bits per heavy atom. The molecule has 0 saturated heterocycles. The van der Waals surface area contributed by atoms with Crippen LogP contribution in [0.1, 0.15) is 22.4 Å². The molecule has 5 heteroatoms. The zero-order chi connectivity index (χ0) is 17.8. The molecule has 0 aliphatic heterocycles. The average molecular weight is 334 g/mol. The Morgan fingerprint density at radius 1 is 1.12 bits per heavy atom. The van der Waals surface area contributed by atoms with Gasteiger partial charge in [-0.15, -0.1) is 0 Å². The number of nitrogens with zero attached hydrogens (tertiary/aromatic N) is 4. The van der Waals surface area contributed by atoms with E-state index in [9.17, 15) is 4.79 Å². The molecule has 0 atom stereocenters. The SMILES string of the molecule is Cc1ccccc1-n1cc(CN(C)C(=O)Cc2ncccc2C)cn1. The Balaban J connectivity index is 1.67. The fourth-order valence-electron chi connectivity index (χ4n) is 2.74. The van der Waals surface area contributed by atoms with Gasteiger partial charge in [0, 0.05) is 31.5 Å². The zero-order valence-corrected chi connectivity index (χ0v) is 14.8. The highest BCUT2D eigenvalue weighted by Gasteiger charge is 2.13. The van der Waals surface area contributed by atoms with E-state index in [2.05, 4.69) is 23.1 Å². The molecule has 3 aromatic rings. The van der Waals surface area contributed by atoms with Crippen molar-refractivity contribution in [3.8, 4) is 5.69 Å². The number of rotatable bonds is 5.